The van der Waals surface area contributed by atoms with Gasteiger partial charge >= 0.3 is 6.18 Å². The van der Waals surface area contributed by atoms with Gasteiger partial charge in [0.15, 0.2) is 10.9 Å². The molecule has 23 heavy (non-hydrogen) atoms. The number of ether oxygens (including phenoxy) is 2. The van der Waals surface area contributed by atoms with Crippen LogP contribution in [0, 0.1) is 0 Å². The van der Waals surface area contributed by atoms with Gasteiger partial charge in [-0.05, 0) is 12.0 Å². The zero-order valence-corrected chi connectivity index (χ0v) is 13.3. The van der Waals surface area contributed by atoms with Gasteiger partial charge in [0, 0.05) is 17.4 Å². The number of carbonyl (C=O) groups is 1. The zero-order chi connectivity index (χ0) is 16.8. The molecule has 1 aromatic rings. The fraction of sp³-hybridized carbons (Fsp3) is 0.643. The Bertz CT molecular complexity index is 624. The minimum absolute atomic E-state index is 0.00951. The van der Waals surface area contributed by atoms with E-state index in [2.05, 4.69) is 9.97 Å². The second kappa shape index (κ2) is 6.03. The van der Waals surface area contributed by atoms with Crippen LogP contribution in [0.2, 0.25) is 0 Å². The predicted molar refractivity (Wildman–Crippen MR) is 75.0 cm³/mol. The van der Waals surface area contributed by atoms with Crippen molar-refractivity contribution in [2.75, 3.05) is 6.61 Å². The summed E-state index contributed by atoms with van der Waals surface area (Å²) in [5.74, 6) is -0.366. The van der Waals surface area contributed by atoms with E-state index in [9.17, 15) is 18.0 Å². The van der Waals surface area contributed by atoms with Crippen molar-refractivity contribution < 1.29 is 27.4 Å². The second-order valence-corrected chi connectivity index (χ2v) is 6.99. The topological polar surface area (TPSA) is 61.3 Å². The lowest BCUT2D eigenvalue weighted by Gasteiger charge is -2.25. The van der Waals surface area contributed by atoms with E-state index in [1.165, 1.54) is 0 Å². The first-order valence-electron chi connectivity index (χ1n) is 7.16. The number of alkyl halides is 3. The van der Waals surface area contributed by atoms with Crippen molar-refractivity contribution >= 4 is 17.5 Å². The first kappa shape index (κ1) is 16.7. The SMILES string of the molecule is CC(C)c1cc(C(F)(F)F)nc(SC2CC(=O)C3OCC2O3)n1. The largest absolute Gasteiger partial charge is 0.433 e. The van der Waals surface area contributed by atoms with Gasteiger partial charge in [0.25, 0.3) is 0 Å². The summed E-state index contributed by atoms with van der Waals surface area (Å²) in [4.78, 5) is 19.6. The minimum atomic E-state index is -4.54. The van der Waals surface area contributed by atoms with Gasteiger partial charge in [-0.15, -0.1) is 0 Å². The number of rotatable bonds is 3. The molecule has 2 bridgehead atoms. The Balaban J connectivity index is 1.87. The Hall–Kier alpha value is -1.19. The molecular weight excluding hydrogens is 333 g/mol. The number of hydrogen-bond acceptors (Lipinski definition) is 6. The molecule has 3 rings (SSSR count). The summed E-state index contributed by atoms with van der Waals surface area (Å²) in [6.07, 6.45) is -5.52. The molecule has 2 saturated heterocycles. The van der Waals surface area contributed by atoms with Gasteiger partial charge in [-0.25, -0.2) is 9.97 Å². The molecule has 9 heteroatoms. The third-order valence-corrected chi connectivity index (χ3v) is 4.82. The van der Waals surface area contributed by atoms with E-state index in [1.807, 2.05) is 0 Å². The Kier molecular flexibility index (Phi) is 4.37. The summed E-state index contributed by atoms with van der Waals surface area (Å²) >= 11 is 1.04. The number of ketones is 1. The molecule has 0 saturated carbocycles. The monoisotopic (exact) mass is 348 g/mol. The highest BCUT2D eigenvalue weighted by Gasteiger charge is 2.44. The maximum Gasteiger partial charge on any atom is 0.433 e. The first-order chi connectivity index (χ1) is 10.7. The molecule has 0 N–H and O–H groups in total. The molecule has 126 valence electrons. The molecule has 2 fully saturated rings. The molecule has 0 spiro atoms. The van der Waals surface area contributed by atoms with Crippen molar-refractivity contribution in [2.24, 2.45) is 0 Å². The molecule has 3 atom stereocenters. The van der Waals surface area contributed by atoms with E-state index < -0.39 is 18.2 Å². The van der Waals surface area contributed by atoms with Crippen LogP contribution in [0.5, 0.6) is 0 Å². The highest BCUT2D eigenvalue weighted by Crippen LogP contribution is 2.37. The highest BCUT2D eigenvalue weighted by molar-refractivity contribution is 7.99. The van der Waals surface area contributed by atoms with Crippen molar-refractivity contribution in [3.05, 3.63) is 17.5 Å². The lowest BCUT2D eigenvalue weighted by molar-refractivity contribution is -0.151. The Morgan fingerprint density at radius 1 is 1.35 bits per heavy atom. The lowest BCUT2D eigenvalue weighted by atomic mass is 10.1. The average Bonchev–Trinajstić information content (AvgIpc) is 2.89. The van der Waals surface area contributed by atoms with Crippen LogP contribution in [-0.2, 0) is 20.4 Å². The second-order valence-electron chi connectivity index (χ2n) is 5.78. The van der Waals surface area contributed by atoms with Crippen LogP contribution >= 0.6 is 11.8 Å². The normalized spacial score (nSPS) is 27.7. The maximum absolute atomic E-state index is 13.0. The first-order valence-corrected chi connectivity index (χ1v) is 8.04. The van der Waals surface area contributed by atoms with Crippen LogP contribution in [0.25, 0.3) is 0 Å². The van der Waals surface area contributed by atoms with E-state index in [4.69, 9.17) is 9.47 Å². The number of aromatic nitrogens is 2. The van der Waals surface area contributed by atoms with Crippen LogP contribution in [0.15, 0.2) is 11.2 Å². The van der Waals surface area contributed by atoms with Gasteiger partial charge in [-0.2, -0.15) is 13.2 Å². The summed E-state index contributed by atoms with van der Waals surface area (Å²) < 4.78 is 49.6. The number of fused-ring (bicyclic) bond motifs is 2. The van der Waals surface area contributed by atoms with Crippen molar-refractivity contribution in [1.82, 2.24) is 9.97 Å². The third-order valence-electron chi connectivity index (χ3n) is 3.65. The average molecular weight is 348 g/mol. The molecule has 3 unspecified atom stereocenters. The standard InChI is InChI=1S/C14H15F3N2O3S/c1-6(2)7-3-11(14(15,16)17)19-13(18-7)23-10-4-8(20)12-21-5-9(10)22-12/h3,6,9-10,12H,4-5H2,1-2H3. The van der Waals surface area contributed by atoms with Crippen LogP contribution in [0.1, 0.15) is 37.6 Å². The molecule has 2 aliphatic heterocycles. The Labute approximate surface area is 135 Å². The van der Waals surface area contributed by atoms with Crippen molar-refractivity contribution in [2.45, 2.75) is 55.2 Å². The molecule has 0 radical (unpaired) electrons. The van der Waals surface area contributed by atoms with Gasteiger partial charge in [0.2, 0.25) is 6.29 Å². The van der Waals surface area contributed by atoms with Gasteiger partial charge in [0.1, 0.15) is 5.69 Å². The van der Waals surface area contributed by atoms with Gasteiger partial charge in [0.05, 0.1) is 12.7 Å². The minimum Gasteiger partial charge on any atom is -0.343 e. The van der Waals surface area contributed by atoms with E-state index in [-0.39, 0.29) is 41.2 Å². The molecule has 3 heterocycles. The number of carbonyl (C=O) groups excluding carboxylic acids is 1. The van der Waals surface area contributed by atoms with Crippen molar-refractivity contribution in [3.8, 4) is 0 Å². The van der Waals surface area contributed by atoms with Crippen LogP contribution in [0.4, 0.5) is 13.2 Å². The smallest absolute Gasteiger partial charge is 0.343 e. The molecule has 0 aromatic carbocycles. The number of Topliss-reactive ketones (excluding diaryl/α,β-unsaturated/α-hetero) is 1. The van der Waals surface area contributed by atoms with E-state index in [0.717, 1.165) is 17.8 Å². The number of halogens is 3. The number of nitrogens with zero attached hydrogens (tertiary/aromatic N) is 2. The van der Waals surface area contributed by atoms with Crippen LogP contribution in [0.3, 0.4) is 0 Å². The summed E-state index contributed by atoms with van der Waals surface area (Å²) in [6, 6.07) is 0.964. The Morgan fingerprint density at radius 2 is 2.09 bits per heavy atom. The predicted octanol–water partition coefficient (Wildman–Crippen LogP) is 2.79. The van der Waals surface area contributed by atoms with Gasteiger partial charge in [-0.3, -0.25) is 4.79 Å². The molecule has 1 aromatic heterocycles. The van der Waals surface area contributed by atoms with Crippen molar-refractivity contribution in [3.63, 3.8) is 0 Å². The fourth-order valence-electron chi connectivity index (χ4n) is 2.40. The van der Waals surface area contributed by atoms with Crippen LogP contribution < -0.4 is 0 Å². The third kappa shape index (κ3) is 3.51. The quantitative estimate of drug-likeness (QED) is 0.783. The summed E-state index contributed by atoms with van der Waals surface area (Å²) in [5.41, 5.74) is -0.652. The molecule has 0 amide bonds. The van der Waals surface area contributed by atoms with Crippen molar-refractivity contribution in [1.29, 1.82) is 0 Å². The van der Waals surface area contributed by atoms with Gasteiger partial charge < -0.3 is 9.47 Å². The summed E-state index contributed by atoms with van der Waals surface area (Å²) in [6.45, 7) is 3.78. The molecule has 5 nitrogen and oxygen atoms in total. The zero-order valence-electron chi connectivity index (χ0n) is 12.5. The highest BCUT2D eigenvalue weighted by atomic mass is 32.2. The maximum atomic E-state index is 13.0. The molecule has 2 aliphatic rings. The van der Waals surface area contributed by atoms with Crippen LogP contribution in [-0.4, -0.2) is 40.0 Å². The van der Waals surface area contributed by atoms with E-state index >= 15 is 0 Å². The fourth-order valence-corrected chi connectivity index (χ4v) is 3.52. The van der Waals surface area contributed by atoms with E-state index in [0.29, 0.717) is 5.69 Å². The Morgan fingerprint density at radius 3 is 2.74 bits per heavy atom. The molecule has 0 aliphatic carbocycles. The summed E-state index contributed by atoms with van der Waals surface area (Å²) in [5, 5.41) is -0.333. The van der Waals surface area contributed by atoms with E-state index in [1.54, 1.807) is 13.8 Å². The summed E-state index contributed by atoms with van der Waals surface area (Å²) in [7, 11) is 0. The molecular formula is C14H15F3N2O3S. The number of hydrogen-bond donors (Lipinski definition) is 0. The lowest BCUT2D eigenvalue weighted by Crippen LogP contribution is -2.37. The van der Waals surface area contributed by atoms with Gasteiger partial charge in [-0.1, -0.05) is 25.6 Å². The number of thioether (sulfide) groups is 1.